The van der Waals surface area contributed by atoms with Crippen LogP contribution in [0.1, 0.15) is 20.7 Å². The Hall–Kier alpha value is -2.82. The Morgan fingerprint density at radius 2 is 1.04 bits per heavy atom. The lowest BCUT2D eigenvalue weighted by Gasteiger charge is -2.07. The van der Waals surface area contributed by atoms with Crippen LogP contribution in [0.5, 0.6) is 11.5 Å². The Kier molecular flexibility index (Phi) is 5.56. The quantitative estimate of drug-likeness (QED) is 0.442. The number of halogens is 2. The van der Waals surface area contributed by atoms with Crippen LogP contribution in [0.4, 0.5) is 0 Å². The fraction of sp³-hybridized carbons (Fsp3) is 0. The minimum atomic E-state index is -0.607. The predicted octanol–water partition coefficient (Wildman–Crippen LogP) is 5.43. The van der Waals surface area contributed by atoms with Crippen molar-refractivity contribution in [3.05, 3.63) is 94.0 Å². The Balaban J connectivity index is 1.75. The molecule has 6 heteroatoms. The van der Waals surface area contributed by atoms with Gasteiger partial charge < -0.3 is 9.47 Å². The highest BCUT2D eigenvalue weighted by atomic mass is 35.5. The second-order valence-corrected chi connectivity index (χ2v) is 6.15. The van der Waals surface area contributed by atoms with Crippen LogP contribution in [0.25, 0.3) is 0 Å². The zero-order valence-corrected chi connectivity index (χ0v) is 14.8. The molecule has 26 heavy (non-hydrogen) atoms. The van der Waals surface area contributed by atoms with Gasteiger partial charge in [0.2, 0.25) is 0 Å². The van der Waals surface area contributed by atoms with Crippen LogP contribution in [0, 0.1) is 0 Å². The highest BCUT2D eigenvalue weighted by Gasteiger charge is 2.14. The summed E-state index contributed by atoms with van der Waals surface area (Å²) in [6.07, 6.45) is 0. The topological polar surface area (TPSA) is 52.6 Å². The smallest absolute Gasteiger partial charge is 0.343 e. The monoisotopic (exact) mass is 386 g/mol. The number of carbonyl (C=O) groups is 2. The van der Waals surface area contributed by atoms with Crippen LogP contribution >= 0.6 is 23.2 Å². The van der Waals surface area contributed by atoms with Crippen molar-refractivity contribution in [3.8, 4) is 11.5 Å². The van der Waals surface area contributed by atoms with Gasteiger partial charge in [0, 0.05) is 10.0 Å². The fourth-order valence-corrected chi connectivity index (χ4v) is 2.53. The molecule has 0 bridgehead atoms. The van der Waals surface area contributed by atoms with Crippen molar-refractivity contribution < 1.29 is 19.1 Å². The van der Waals surface area contributed by atoms with E-state index in [2.05, 4.69) is 0 Å². The van der Waals surface area contributed by atoms with Crippen molar-refractivity contribution in [2.24, 2.45) is 0 Å². The Morgan fingerprint density at radius 3 is 1.46 bits per heavy atom. The van der Waals surface area contributed by atoms with Crippen molar-refractivity contribution in [2.45, 2.75) is 0 Å². The van der Waals surface area contributed by atoms with Gasteiger partial charge in [0.1, 0.15) is 11.5 Å². The molecular weight excluding hydrogens is 375 g/mol. The SMILES string of the molecule is O=C(Oc1cccc(Cl)c1)c1cccc(C(=O)Oc2cccc(Cl)c2)c1. The highest BCUT2D eigenvalue weighted by Crippen LogP contribution is 2.20. The first-order valence-corrected chi connectivity index (χ1v) is 8.32. The van der Waals surface area contributed by atoms with Crippen LogP contribution in [-0.2, 0) is 0 Å². The maximum absolute atomic E-state index is 12.3. The van der Waals surface area contributed by atoms with Crippen molar-refractivity contribution in [1.29, 1.82) is 0 Å². The van der Waals surface area contributed by atoms with Gasteiger partial charge in [-0.2, -0.15) is 0 Å². The molecule has 0 aliphatic carbocycles. The van der Waals surface area contributed by atoms with Gasteiger partial charge in [0.25, 0.3) is 0 Å². The molecule has 0 fully saturated rings. The van der Waals surface area contributed by atoms with Crippen molar-refractivity contribution >= 4 is 35.1 Å². The lowest BCUT2D eigenvalue weighted by molar-refractivity contribution is 0.0734. The molecule has 0 saturated heterocycles. The largest absolute Gasteiger partial charge is 0.423 e. The summed E-state index contributed by atoms with van der Waals surface area (Å²) in [7, 11) is 0. The van der Waals surface area contributed by atoms with E-state index < -0.39 is 11.9 Å². The molecule has 0 spiro atoms. The average molecular weight is 387 g/mol. The van der Waals surface area contributed by atoms with Gasteiger partial charge in [-0.25, -0.2) is 9.59 Å². The Bertz CT molecular complexity index is 895. The van der Waals surface area contributed by atoms with Crippen molar-refractivity contribution in [2.75, 3.05) is 0 Å². The third-order valence-corrected chi connectivity index (χ3v) is 3.82. The van der Waals surface area contributed by atoms with E-state index in [-0.39, 0.29) is 11.1 Å². The maximum Gasteiger partial charge on any atom is 0.343 e. The molecule has 130 valence electrons. The number of hydrogen-bond acceptors (Lipinski definition) is 4. The number of benzene rings is 3. The van der Waals surface area contributed by atoms with Crippen LogP contribution < -0.4 is 9.47 Å². The normalized spacial score (nSPS) is 10.2. The molecular formula is C20H12Cl2O4. The number of carbonyl (C=O) groups excluding carboxylic acids is 2. The van der Waals surface area contributed by atoms with E-state index in [9.17, 15) is 9.59 Å². The summed E-state index contributed by atoms with van der Waals surface area (Å²) in [6, 6.07) is 19.0. The fourth-order valence-electron chi connectivity index (χ4n) is 2.17. The lowest BCUT2D eigenvalue weighted by atomic mass is 10.1. The highest BCUT2D eigenvalue weighted by molar-refractivity contribution is 6.31. The summed E-state index contributed by atoms with van der Waals surface area (Å²) >= 11 is 11.7. The van der Waals surface area contributed by atoms with Crippen LogP contribution in [0.3, 0.4) is 0 Å². The van der Waals surface area contributed by atoms with Crippen LogP contribution in [-0.4, -0.2) is 11.9 Å². The molecule has 4 nitrogen and oxygen atoms in total. The van der Waals surface area contributed by atoms with Crippen molar-refractivity contribution in [1.82, 2.24) is 0 Å². The van der Waals surface area contributed by atoms with Gasteiger partial charge in [0.15, 0.2) is 0 Å². The van der Waals surface area contributed by atoms with E-state index in [0.29, 0.717) is 21.5 Å². The first-order valence-electron chi connectivity index (χ1n) is 7.57. The predicted molar refractivity (Wildman–Crippen MR) is 99.3 cm³/mol. The molecule has 0 unspecified atom stereocenters. The van der Waals surface area contributed by atoms with Gasteiger partial charge in [0.05, 0.1) is 11.1 Å². The molecule has 0 atom stereocenters. The molecule has 0 aliphatic heterocycles. The summed E-state index contributed by atoms with van der Waals surface area (Å²) < 4.78 is 10.5. The molecule has 3 aromatic rings. The van der Waals surface area contributed by atoms with Gasteiger partial charge in [-0.3, -0.25) is 0 Å². The number of rotatable bonds is 4. The molecule has 0 amide bonds. The second-order valence-electron chi connectivity index (χ2n) is 5.27. The minimum absolute atomic E-state index is 0.213. The van der Waals surface area contributed by atoms with Gasteiger partial charge in [-0.05, 0) is 54.6 Å². The van der Waals surface area contributed by atoms with E-state index in [1.165, 1.54) is 18.2 Å². The second kappa shape index (κ2) is 8.04. The molecule has 0 aromatic heterocycles. The Morgan fingerprint density at radius 1 is 0.615 bits per heavy atom. The summed E-state index contributed by atoms with van der Waals surface area (Å²) in [5, 5.41) is 0.906. The summed E-state index contributed by atoms with van der Waals surface area (Å²) in [5.41, 5.74) is 0.427. The zero-order valence-electron chi connectivity index (χ0n) is 13.3. The van der Waals surface area contributed by atoms with Crippen molar-refractivity contribution in [3.63, 3.8) is 0 Å². The minimum Gasteiger partial charge on any atom is -0.423 e. The van der Waals surface area contributed by atoms with Crippen LogP contribution in [0.2, 0.25) is 10.0 Å². The average Bonchev–Trinajstić information content (AvgIpc) is 2.62. The molecule has 3 aromatic carbocycles. The molecule has 0 radical (unpaired) electrons. The number of esters is 2. The Labute approximate surface area is 159 Å². The van der Waals surface area contributed by atoms with E-state index in [0.717, 1.165) is 0 Å². The van der Waals surface area contributed by atoms with E-state index >= 15 is 0 Å². The lowest BCUT2D eigenvalue weighted by Crippen LogP contribution is -2.12. The summed E-state index contributed by atoms with van der Waals surface area (Å²) in [5.74, 6) is -0.585. The zero-order chi connectivity index (χ0) is 18.5. The molecule has 0 aliphatic rings. The van der Waals surface area contributed by atoms with E-state index in [1.54, 1.807) is 54.6 Å². The summed E-state index contributed by atoms with van der Waals surface area (Å²) in [6.45, 7) is 0. The third kappa shape index (κ3) is 4.63. The van der Waals surface area contributed by atoms with E-state index in [4.69, 9.17) is 32.7 Å². The van der Waals surface area contributed by atoms with Crippen LogP contribution in [0.15, 0.2) is 72.8 Å². The molecule has 0 heterocycles. The molecule has 3 rings (SSSR count). The van der Waals surface area contributed by atoms with Gasteiger partial charge in [-0.15, -0.1) is 0 Å². The molecule has 0 N–H and O–H groups in total. The van der Waals surface area contributed by atoms with Gasteiger partial charge >= 0.3 is 11.9 Å². The maximum atomic E-state index is 12.3. The number of ether oxygens (including phenoxy) is 2. The first-order chi connectivity index (χ1) is 12.5. The molecule has 0 saturated carbocycles. The third-order valence-electron chi connectivity index (χ3n) is 3.35. The number of hydrogen-bond donors (Lipinski definition) is 0. The van der Waals surface area contributed by atoms with E-state index in [1.807, 2.05) is 0 Å². The summed E-state index contributed by atoms with van der Waals surface area (Å²) in [4.78, 5) is 24.5. The standard InChI is InChI=1S/C20H12Cl2O4/c21-15-6-2-8-17(11-15)25-19(23)13-4-1-5-14(10-13)20(24)26-18-9-3-7-16(22)12-18/h1-12H. The first kappa shape index (κ1) is 18.0. The van der Waals surface area contributed by atoms with Gasteiger partial charge in [-0.1, -0.05) is 41.4 Å².